The molecule has 1 N–H and O–H groups in total. The van der Waals surface area contributed by atoms with E-state index in [0.29, 0.717) is 12.6 Å². The number of alkyl halides is 3. The van der Waals surface area contributed by atoms with Crippen LogP contribution < -0.4 is 5.32 Å². The fourth-order valence-corrected chi connectivity index (χ4v) is 2.58. The predicted molar refractivity (Wildman–Crippen MR) is 70.5 cm³/mol. The minimum Gasteiger partial charge on any atom is -0.353 e. The van der Waals surface area contributed by atoms with E-state index in [0.717, 1.165) is 42.9 Å². The SMILES string of the molecule is CCN1CCC[C@@H]1CNC(=O)Cn1ccc(C(F)(F)F)n1. The van der Waals surface area contributed by atoms with Crippen molar-refractivity contribution in [3.05, 3.63) is 18.0 Å². The molecule has 0 saturated carbocycles. The van der Waals surface area contributed by atoms with Gasteiger partial charge in [0.05, 0.1) is 0 Å². The van der Waals surface area contributed by atoms with Crippen LogP contribution in [0.15, 0.2) is 12.3 Å². The first-order valence-electron chi connectivity index (χ1n) is 7.01. The Hall–Kier alpha value is -1.57. The Morgan fingerprint density at radius 3 is 2.90 bits per heavy atom. The van der Waals surface area contributed by atoms with Crippen molar-refractivity contribution >= 4 is 5.91 Å². The van der Waals surface area contributed by atoms with E-state index in [1.807, 2.05) is 0 Å². The van der Waals surface area contributed by atoms with Crippen molar-refractivity contribution in [2.75, 3.05) is 19.6 Å². The molecule has 1 fully saturated rings. The maximum Gasteiger partial charge on any atom is 0.435 e. The zero-order chi connectivity index (χ0) is 15.5. The molecule has 0 radical (unpaired) electrons. The number of carbonyl (C=O) groups excluding carboxylic acids is 1. The van der Waals surface area contributed by atoms with Crippen molar-refractivity contribution in [2.24, 2.45) is 0 Å². The van der Waals surface area contributed by atoms with Crippen molar-refractivity contribution in [3.8, 4) is 0 Å². The zero-order valence-corrected chi connectivity index (χ0v) is 11.9. The summed E-state index contributed by atoms with van der Waals surface area (Å²) in [4.78, 5) is 14.0. The fraction of sp³-hybridized carbons (Fsp3) is 0.692. The number of nitrogens with zero attached hydrogens (tertiary/aromatic N) is 3. The van der Waals surface area contributed by atoms with Crippen molar-refractivity contribution in [3.63, 3.8) is 0 Å². The monoisotopic (exact) mass is 304 g/mol. The lowest BCUT2D eigenvalue weighted by Gasteiger charge is -2.22. The lowest BCUT2D eigenvalue weighted by Crippen LogP contribution is -2.41. The van der Waals surface area contributed by atoms with Gasteiger partial charge in [-0.25, -0.2) is 0 Å². The quantitative estimate of drug-likeness (QED) is 0.897. The van der Waals surface area contributed by atoms with E-state index < -0.39 is 11.9 Å². The number of hydrogen-bond donors (Lipinski definition) is 1. The number of hydrogen-bond acceptors (Lipinski definition) is 3. The summed E-state index contributed by atoms with van der Waals surface area (Å²) >= 11 is 0. The number of likely N-dealkylation sites (N-methyl/N-ethyl adjacent to an activating group) is 1. The fourth-order valence-electron chi connectivity index (χ4n) is 2.58. The summed E-state index contributed by atoms with van der Waals surface area (Å²) in [5, 5.41) is 6.12. The summed E-state index contributed by atoms with van der Waals surface area (Å²) in [6, 6.07) is 1.19. The molecular weight excluding hydrogens is 285 g/mol. The Kier molecular flexibility index (Phi) is 4.87. The van der Waals surface area contributed by atoms with E-state index in [2.05, 4.69) is 22.2 Å². The largest absolute Gasteiger partial charge is 0.435 e. The normalized spacial score (nSPS) is 19.9. The van der Waals surface area contributed by atoms with Gasteiger partial charge < -0.3 is 5.32 Å². The summed E-state index contributed by atoms with van der Waals surface area (Å²) in [6.45, 7) is 4.37. The standard InChI is InChI=1S/C13H19F3N4O/c1-2-19-6-3-4-10(19)8-17-12(21)9-20-7-5-11(18-20)13(14,15)16/h5,7,10H,2-4,6,8-9H2,1H3,(H,17,21)/t10-/m1/s1. The van der Waals surface area contributed by atoms with Gasteiger partial charge in [0, 0.05) is 18.8 Å². The molecule has 1 atom stereocenters. The number of likely N-dealkylation sites (tertiary alicyclic amines) is 1. The maximum atomic E-state index is 12.4. The van der Waals surface area contributed by atoms with Gasteiger partial charge in [-0.3, -0.25) is 14.4 Å². The van der Waals surface area contributed by atoms with Crippen LogP contribution >= 0.6 is 0 Å². The first kappa shape index (κ1) is 15.8. The van der Waals surface area contributed by atoms with Crippen molar-refractivity contribution in [1.29, 1.82) is 0 Å². The van der Waals surface area contributed by atoms with E-state index >= 15 is 0 Å². The Bertz CT molecular complexity index is 486. The molecule has 2 heterocycles. The Labute approximate surface area is 121 Å². The second-order valence-corrected chi connectivity index (χ2v) is 5.13. The van der Waals surface area contributed by atoms with Crippen LogP contribution in [0.5, 0.6) is 0 Å². The van der Waals surface area contributed by atoms with Gasteiger partial charge in [0.15, 0.2) is 5.69 Å². The molecule has 0 spiro atoms. The first-order chi connectivity index (χ1) is 9.90. The molecule has 2 rings (SSSR count). The second kappa shape index (κ2) is 6.46. The molecule has 0 aliphatic carbocycles. The minimum atomic E-state index is -4.48. The van der Waals surface area contributed by atoms with Crippen LogP contribution in [0.2, 0.25) is 0 Å². The zero-order valence-electron chi connectivity index (χ0n) is 11.9. The molecule has 8 heteroatoms. The first-order valence-corrected chi connectivity index (χ1v) is 7.01. The van der Waals surface area contributed by atoms with Gasteiger partial charge in [0.2, 0.25) is 5.91 Å². The Morgan fingerprint density at radius 1 is 1.52 bits per heavy atom. The van der Waals surface area contributed by atoms with Gasteiger partial charge in [-0.15, -0.1) is 0 Å². The highest BCUT2D eigenvalue weighted by molar-refractivity contribution is 5.75. The van der Waals surface area contributed by atoms with Gasteiger partial charge in [-0.2, -0.15) is 18.3 Å². The summed E-state index contributed by atoms with van der Waals surface area (Å²) in [6.07, 6.45) is -1.17. The lowest BCUT2D eigenvalue weighted by molar-refractivity contribution is -0.141. The molecule has 1 aromatic heterocycles. The van der Waals surface area contributed by atoms with Crippen LogP contribution in [-0.2, 0) is 17.5 Å². The Balaban J connectivity index is 1.81. The minimum absolute atomic E-state index is 0.199. The predicted octanol–water partition coefficient (Wildman–Crippen LogP) is 1.50. The van der Waals surface area contributed by atoms with Crippen LogP contribution in [0, 0.1) is 0 Å². The van der Waals surface area contributed by atoms with E-state index in [1.54, 1.807) is 0 Å². The average molecular weight is 304 g/mol. The van der Waals surface area contributed by atoms with Crippen LogP contribution in [0.4, 0.5) is 13.2 Å². The third-order valence-corrected chi connectivity index (χ3v) is 3.68. The van der Waals surface area contributed by atoms with E-state index in [-0.39, 0.29) is 12.5 Å². The van der Waals surface area contributed by atoms with Gasteiger partial charge in [-0.1, -0.05) is 6.92 Å². The molecule has 0 bridgehead atoms. The summed E-state index contributed by atoms with van der Waals surface area (Å²) < 4.78 is 38.2. The highest BCUT2D eigenvalue weighted by atomic mass is 19.4. The number of aromatic nitrogens is 2. The van der Waals surface area contributed by atoms with Crippen LogP contribution in [0.25, 0.3) is 0 Å². The van der Waals surface area contributed by atoms with Gasteiger partial charge in [0.25, 0.3) is 0 Å². The molecule has 1 aliphatic heterocycles. The lowest BCUT2D eigenvalue weighted by atomic mass is 10.2. The summed E-state index contributed by atoms with van der Waals surface area (Å²) in [7, 11) is 0. The summed E-state index contributed by atoms with van der Waals surface area (Å²) in [5.74, 6) is -0.324. The summed E-state index contributed by atoms with van der Waals surface area (Å²) in [5.41, 5.74) is -0.983. The van der Waals surface area contributed by atoms with Crippen LogP contribution in [-0.4, -0.2) is 46.3 Å². The number of carbonyl (C=O) groups is 1. The highest BCUT2D eigenvalue weighted by Crippen LogP contribution is 2.27. The molecule has 118 valence electrons. The number of halogens is 3. The van der Waals surface area contributed by atoms with Crippen molar-refractivity contribution < 1.29 is 18.0 Å². The molecule has 1 saturated heterocycles. The highest BCUT2D eigenvalue weighted by Gasteiger charge is 2.33. The molecule has 0 aromatic carbocycles. The Morgan fingerprint density at radius 2 is 2.29 bits per heavy atom. The average Bonchev–Trinajstić information content (AvgIpc) is 3.03. The van der Waals surface area contributed by atoms with Crippen molar-refractivity contribution in [2.45, 2.75) is 38.5 Å². The van der Waals surface area contributed by atoms with Gasteiger partial charge >= 0.3 is 6.18 Å². The molecule has 21 heavy (non-hydrogen) atoms. The van der Waals surface area contributed by atoms with Crippen LogP contribution in [0.3, 0.4) is 0 Å². The molecule has 1 aliphatic rings. The number of rotatable bonds is 5. The smallest absolute Gasteiger partial charge is 0.353 e. The second-order valence-electron chi connectivity index (χ2n) is 5.13. The molecule has 1 amide bonds. The molecule has 0 unspecified atom stereocenters. The molecule has 5 nitrogen and oxygen atoms in total. The topological polar surface area (TPSA) is 50.2 Å². The van der Waals surface area contributed by atoms with E-state index in [1.165, 1.54) is 0 Å². The third kappa shape index (κ3) is 4.20. The number of nitrogens with one attached hydrogen (secondary N) is 1. The van der Waals surface area contributed by atoms with Crippen LogP contribution in [0.1, 0.15) is 25.5 Å². The maximum absolute atomic E-state index is 12.4. The number of amides is 1. The van der Waals surface area contributed by atoms with Crippen molar-refractivity contribution in [1.82, 2.24) is 20.0 Å². The van der Waals surface area contributed by atoms with Gasteiger partial charge in [-0.05, 0) is 32.0 Å². The third-order valence-electron chi connectivity index (χ3n) is 3.68. The van der Waals surface area contributed by atoms with Gasteiger partial charge in [0.1, 0.15) is 6.54 Å². The van der Waals surface area contributed by atoms with E-state index in [9.17, 15) is 18.0 Å². The molecule has 1 aromatic rings. The van der Waals surface area contributed by atoms with E-state index in [4.69, 9.17) is 0 Å². The molecular formula is C13H19F3N4O.